The molecule has 1 aromatic carbocycles. The fourth-order valence-electron chi connectivity index (χ4n) is 1.65. The first kappa shape index (κ1) is 11.7. The molecule has 0 fully saturated rings. The molecule has 0 aliphatic heterocycles. The number of rotatable bonds is 1. The van der Waals surface area contributed by atoms with Crippen LogP contribution < -0.4 is 4.74 Å². The molecule has 3 aromatic rings. The van der Waals surface area contributed by atoms with Crippen LogP contribution in [0.1, 0.15) is 10.6 Å². The highest BCUT2D eigenvalue weighted by Gasteiger charge is 2.02. The Bertz CT molecular complexity index is 769. The van der Waals surface area contributed by atoms with Gasteiger partial charge in [0, 0.05) is 24.0 Å². The molecule has 2 aromatic heterocycles. The van der Waals surface area contributed by atoms with Crippen molar-refractivity contribution in [2.24, 2.45) is 0 Å². The maximum atomic E-state index is 5.18. The van der Waals surface area contributed by atoms with Gasteiger partial charge >= 0.3 is 0 Å². The Balaban J connectivity index is 1.96. The SMILES string of the molecule is COc1ccc2sc(C#Cc3cccnc3)nc2c1. The summed E-state index contributed by atoms with van der Waals surface area (Å²) >= 11 is 1.58. The molecule has 0 saturated carbocycles. The zero-order valence-electron chi connectivity index (χ0n) is 10.3. The zero-order chi connectivity index (χ0) is 13.1. The van der Waals surface area contributed by atoms with E-state index < -0.39 is 0 Å². The Morgan fingerprint density at radius 1 is 1.21 bits per heavy atom. The standard InChI is InChI=1S/C15H10N2OS/c1-18-12-5-6-14-13(9-12)17-15(19-14)7-4-11-3-2-8-16-10-11/h2-3,5-6,8-10H,1H3. The second-order valence-electron chi connectivity index (χ2n) is 3.84. The molecule has 0 spiro atoms. The van der Waals surface area contributed by atoms with Gasteiger partial charge in [-0.15, -0.1) is 11.3 Å². The maximum absolute atomic E-state index is 5.18. The van der Waals surface area contributed by atoms with E-state index in [1.54, 1.807) is 30.8 Å². The van der Waals surface area contributed by atoms with Crippen molar-refractivity contribution in [1.29, 1.82) is 0 Å². The summed E-state index contributed by atoms with van der Waals surface area (Å²) in [4.78, 5) is 8.51. The minimum Gasteiger partial charge on any atom is -0.497 e. The predicted octanol–water partition coefficient (Wildman–Crippen LogP) is 3.10. The van der Waals surface area contributed by atoms with Crippen molar-refractivity contribution in [2.75, 3.05) is 7.11 Å². The fraction of sp³-hybridized carbons (Fsp3) is 0.0667. The number of ether oxygens (including phenoxy) is 1. The maximum Gasteiger partial charge on any atom is 0.168 e. The quantitative estimate of drug-likeness (QED) is 0.635. The van der Waals surface area contributed by atoms with Gasteiger partial charge in [-0.3, -0.25) is 4.98 Å². The van der Waals surface area contributed by atoms with E-state index in [4.69, 9.17) is 4.74 Å². The topological polar surface area (TPSA) is 35.0 Å². The van der Waals surface area contributed by atoms with E-state index in [0.717, 1.165) is 26.5 Å². The van der Waals surface area contributed by atoms with E-state index in [1.165, 1.54) is 0 Å². The minimum atomic E-state index is 0.798. The molecular weight excluding hydrogens is 256 g/mol. The van der Waals surface area contributed by atoms with Crippen LogP contribution in [0, 0.1) is 11.8 Å². The highest BCUT2D eigenvalue weighted by molar-refractivity contribution is 7.19. The van der Waals surface area contributed by atoms with Crippen molar-refractivity contribution in [2.45, 2.75) is 0 Å². The van der Waals surface area contributed by atoms with Gasteiger partial charge in [-0.05, 0) is 30.2 Å². The molecule has 3 rings (SSSR count). The van der Waals surface area contributed by atoms with Crippen molar-refractivity contribution in [3.63, 3.8) is 0 Å². The smallest absolute Gasteiger partial charge is 0.168 e. The van der Waals surface area contributed by atoms with E-state index >= 15 is 0 Å². The molecule has 3 nitrogen and oxygen atoms in total. The lowest BCUT2D eigenvalue weighted by Gasteiger charge is -1.96. The van der Waals surface area contributed by atoms with Gasteiger partial charge in [0.25, 0.3) is 0 Å². The van der Waals surface area contributed by atoms with Crippen LogP contribution in [0.5, 0.6) is 5.75 Å². The molecule has 0 aliphatic rings. The first-order valence-electron chi connectivity index (χ1n) is 5.72. The number of pyridine rings is 1. The van der Waals surface area contributed by atoms with Gasteiger partial charge in [0.05, 0.1) is 17.3 Å². The normalized spacial score (nSPS) is 9.95. The third kappa shape index (κ3) is 2.56. The van der Waals surface area contributed by atoms with Crippen molar-refractivity contribution in [1.82, 2.24) is 9.97 Å². The summed E-state index contributed by atoms with van der Waals surface area (Å²) in [7, 11) is 1.65. The lowest BCUT2D eigenvalue weighted by molar-refractivity contribution is 0.415. The number of hydrogen-bond donors (Lipinski definition) is 0. The second-order valence-corrected chi connectivity index (χ2v) is 4.88. The molecule has 0 amide bonds. The summed E-state index contributed by atoms with van der Waals surface area (Å²) < 4.78 is 6.29. The van der Waals surface area contributed by atoms with Crippen LogP contribution in [-0.4, -0.2) is 17.1 Å². The number of benzene rings is 1. The second kappa shape index (κ2) is 5.09. The summed E-state index contributed by atoms with van der Waals surface area (Å²) in [6.45, 7) is 0. The average molecular weight is 266 g/mol. The third-order valence-electron chi connectivity index (χ3n) is 2.57. The van der Waals surface area contributed by atoms with Crippen LogP contribution in [0.25, 0.3) is 10.2 Å². The van der Waals surface area contributed by atoms with E-state index in [1.807, 2.05) is 30.3 Å². The van der Waals surface area contributed by atoms with Gasteiger partial charge < -0.3 is 4.74 Å². The van der Waals surface area contributed by atoms with Gasteiger partial charge in [-0.1, -0.05) is 5.92 Å². The van der Waals surface area contributed by atoms with Crippen LogP contribution in [0.4, 0.5) is 0 Å². The molecular formula is C15H10N2OS. The summed E-state index contributed by atoms with van der Waals surface area (Å²) in [5, 5.41) is 0.798. The average Bonchev–Trinajstić information content (AvgIpc) is 2.88. The highest BCUT2D eigenvalue weighted by atomic mass is 32.1. The van der Waals surface area contributed by atoms with Crippen LogP contribution in [0.3, 0.4) is 0 Å². The molecule has 2 heterocycles. The van der Waals surface area contributed by atoms with E-state index in [9.17, 15) is 0 Å². The van der Waals surface area contributed by atoms with Gasteiger partial charge in [-0.2, -0.15) is 0 Å². The Morgan fingerprint density at radius 2 is 2.16 bits per heavy atom. The Morgan fingerprint density at radius 3 is 2.95 bits per heavy atom. The number of aromatic nitrogens is 2. The number of hydrogen-bond acceptors (Lipinski definition) is 4. The Labute approximate surface area is 114 Å². The van der Waals surface area contributed by atoms with Crippen LogP contribution in [-0.2, 0) is 0 Å². The van der Waals surface area contributed by atoms with E-state index in [0.29, 0.717) is 0 Å². The monoisotopic (exact) mass is 266 g/mol. The summed E-state index contributed by atoms with van der Waals surface area (Å²) in [5.41, 5.74) is 1.80. The number of nitrogens with zero attached hydrogens (tertiary/aromatic N) is 2. The number of thiazole rings is 1. The molecule has 0 N–H and O–H groups in total. The van der Waals surface area contributed by atoms with Crippen molar-refractivity contribution < 1.29 is 4.74 Å². The van der Waals surface area contributed by atoms with Crippen LogP contribution in [0.2, 0.25) is 0 Å². The lowest BCUT2D eigenvalue weighted by atomic mass is 10.3. The zero-order valence-corrected chi connectivity index (χ0v) is 11.1. The Hall–Kier alpha value is -2.38. The van der Waals surface area contributed by atoms with Gasteiger partial charge in [0.2, 0.25) is 0 Å². The molecule has 0 radical (unpaired) electrons. The minimum absolute atomic E-state index is 0.798. The van der Waals surface area contributed by atoms with E-state index in [2.05, 4.69) is 21.8 Å². The van der Waals surface area contributed by atoms with Crippen molar-refractivity contribution in [3.05, 3.63) is 53.3 Å². The summed E-state index contributed by atoms with van der Waals surface area (Å²) in [5.74, 6) is 6.93. The predicted molar refractivity (Wildman–Crippen MR) is 76.4 cm³/mol. The summed E-state index contributed by atoms with van der Waals surface area (Å²) in [6, 6.07) is 9.64. The first-order chi connectivity index (χ1) is 9.35. The fourth-order valence-corrected chi connectivity index (χ4v) is 2.45. The van der Waals surface area contributed by atoms with Crippen LogP contribution >= 0.6 is 11.3 Å². The molecule has 0 bridgehead atoms. The lowest BCUT2D eigenvalue weighted by Crippen LogP contribution is -1.81. The Kier molecular flexibility index (Phi) is 3.13. The molecule has 0 saturated heterocycles. The van der Waals surface area contributed by atoms with E-state index in [-0.39, 0.29) is 0 Å². The molecule has 0 aliphatic carbocycles. The van der Waals surface area contributed by atoms with Gasteiger partial charge in [0.1, 0.15) is 5.75 Å². The summed E-state index contributed by atoms with van der Waals surface area (Å²) in [6.07, 6.45) is 3.47. The first-order valence-corrected chi connectivity index (χ1v) is 6.53. The van der Waals surface area contributed by atoms with Crippen LogP contribution in [0.15, 0.2) is 42.7 Å². The molecule has 92 valence electrons. The van der Waals surface area contributed by atoms with Gasteiger partial charge in [0.15, 0.2) is 5.01 Å². The highest BCUT2D eigenvalue weighted by Crippen LogP contribution is 2.25. The molecule has 0 atom stereocenters. The third-order valence-corrected chi connectivity index (χ3v) is 3.52. The molecule has 4 heteroatoms. The van der Waals surface area contributed by atoms with Crippen molar-refractivity contribution in [3.8, 4) is 17.6 Å². The number of fused-ring (bicyclic) bond motifs is 1. The molecule has 19 heavy (non-hydrogen) atoms. The molecule has 0 unspecified atom stereocenters. The largest absolute Gasteiger partial charge is 0.497 e. The van der Waals surface area contributed by atoms with Crippen molar-refractivity contribution >= 4 is 21.6 Å². The number of methoxy groups -OCH3 is 1. The van der Waals surface area contributed by atoms with Gasteiger partial charge in [-0.25, -0.2) is 4.98 Å².